The predicted molar refractivity (Wildman–Crippen MR) is 81.1 cm³/mol. The van der Waals surface area contributed by atoms with E-state index in [1.807, 2.05) is 11.0 Å². The normalized spacial score (nSPS) is 16.4. The molecule has 1 aliphatic rings. The summed E-state index contributed by atoms with van der Waals surface area (Å²) in [5.41, 5.74) is 7.06. The zero-order valence-corrected chi connectivity index (χ0v) is 12.4. The van der Waals surface area contributed by atoms with Crippen LogP contribution in [0.1, 0.15) is 10.4 Å². The van der Waals surface area contributed by atoms with E-state index in [1.165, 1.54) is 0 Å². The van der Waals surface area contributed by atoms with Crippen molar-refractivity contribution in [2.45, 2.75) is 0 Å². The number of amides is 1. The van der Waals surface area contributed by atoms with Crippen molar-refractivity contribution in [3.63, 3.8) is 0 Å². The first-order chi connectivity index (χ1) is 9.11. The molecule has 102 valence electrons. The van der Waals surface area contributed by atoms with E-state index in [0.717, 1.165) is 37.2 Å². The van der Waals surface area contributed by atoms with Crippen LogP contribution >= 0.6 is 15.9 Å². The molecule has 0 bridgehead atoms. The number of hydrogen-bond acceptors (Lipinski definition) is 3. The van der Waals surface area contributed by atoms with Crippen molar-refractivity contribution in [3.8, 4) is 0 Å². The molecule has 0 atom stereocenters. The number of nitrogens with two attached hydrogens (primary N) is 1. The van der Waals surface area contributed by atoms with Gasteiger partial charge >= 0.3 is 0 Å². The van der Waals surface area contributed by atoms with Crippen LogP contribution in [0.4, 0.5) is 5.69 Å². The maximum Gasteiger partial charge on any atom is 0.253 e. The van der Waals surface area contributed by atoms with E-state index >= 15 is 0 Å². The summed E-state index contributed by atoms with van der Waals surface area (Å²) >= 11 is 3.35. The molecular formula is C14H18BrN3O. The number of benzene rings is 1. The summed E-state index contributed by atoms with van der Waals surface area (Å²) in [4.78, 5) is 16.5. The summed E-state index contributed by atoms with van der Waals surface area (Å²) in [7, 11) is 0. The van der Waals surface area contributed by atoms with E-state index < -0.39 is 0 Å². The van der Waals surface area contributed by atoms with Crippen LogP contribution < -0.4 is 5.73 Å². The van der Waals surface area contributed by atoms with Gasteiger partial charge in [0.2, 0.25) is 0 Å². The van der Waals surface area contributed by atoms with Gasteiger partial charge in [-0.1, -0.05) is 6.08 Å². The molecule has 5 heteroatoms. The Balaban J connectivity index is 2.01. The molecule has 0 unspecified atom stereocenters. The van der Waals surface area contributed by atoms with Gasteiger partial charge in [0.15, 0.2) is 0 Å². The average molecular weight is 324 g/mol. The lowest BCUT2D eigenvalue weighted by molar-refractivity contribution is 0.0650. The van der Waals surface area contributed by atoms with Crippen LogP contribution in [0.2, 0.25) is 0 Å². The highest BCUT2D eigenvalue weighted by Gasteiger charge is 2.21. The number of piperazine rings is 1. The number of halogens is 1. The van der Waals surface area contributed by atoms with Gasteiger partial charge in [0, 0.05) is 48.4 Å². The van der Waals surface area contributed by atoms with Crippen molar-refractivity contribution in [2.24, 2.45) is 0 Å². The second kappa shape index (κ2) is 6.21. The lowest BCUT2D eigenvalue weighted by atomic mass is 10.1. The van der Waals surface area contributed by atoms with Crippen LogP contribution in [-0.4, -0.2) is 48.4 Å². The summed E-state index contributed by atoms with van der Waals surface area (Å²) in [6.07, 6.45) is 1.90. The average Bonchev–Trinajstić information content (AvgIpc) is 2.42. The fraction of sp³-hybridized carbons (Fsp3) is 0.357. The summed E-state index contributed by atoms with van der Waals surface area (Å²) < 4.78 is 0.767. The van der Waals surface area contributed by atoms with Crippen molar-refractivity contribution in [2.75, 3.05) is 38.5 Å². The molecule has 1 saturated heterocycles. The van der Waals surface area contributed by atoms with Gasteiger partial charge in [-0.3, -0.25) is 9.69 Å². The lowest BCUT2D eigenvalue weighted by Gasteiger charge is -2.34. The van der Waals surface area contributed by atoms with Crippen molar-refractivity contribution in [1.82, 2.24) is 9.80 Å². The van der Waals surface area contributed by atoms with Crippen LogP contribution in [-0.2, 0) is 0 Å². The molecule has 0 spiro atoms. The maximum atomic E-state index is 12.4. The van der Waals surface area contributed by atoms with Crippen molar-refractivity contribution < 1.29 is 4.79 Å². The molecule has 1 heterocycles. The summed E-state index contributed by atoms with van der Waals surface area (Å²) in [6.45, 7) is 7.93. The minimum atomic E-state index is 0.0685. The third-order valence-electron chi connectivity index (χ3n) is 3.29. The Hall–Kier alpha value is -1.33. The van der Waals surface area contributed by atoms with Crippen LogP contribution in [0.15, 0.2) is 35.3 Å². The van der Waals surface area contributed by atoms with E-state index in [-0.39, 0.29) is 5.91 Å². The Morgan fingerprint density at radius 1 is 1.37 bits per heavy atom. The molecule has 1 amide bonds. The first-order valence-corrected chi connectivity index (χ1v) is 7.08. The molecule has 0 radical (unpaired) electrons. The summed E-state index contributed by atoms with van der Waals surface area (Å²) in [5.74, 6) is 0.0685. The number of rotatable bonds is 3. The SMILES string of the molecule is C=CCN1CCN(C(=O)c2ccc(N)c(Br)c2)CC1. The van der Waals surface area contributed by atoms with E-state index in [2.05, 4.69) is 27.4 Å². The monoisotopic (exact) mass is 323 g/mol. The molecule has 0 aliphatic carbocycles. The van der Waals surface area contributed by atoms with E-state index in [9.17, 15) is 4.79 Å². The number of carbonyl (C=O) groups excluding carboxylic acids is 1. The summed E-state index contributed by atoms with van der Waals surface area (Å²) in [5, 5.41) is 0. The highest BCUT2D eigenvalue weighted by atomic mass is 79.9. The zero-order valence-electron chi connectivity index (χ0n) is 10.8. The minimum absolute atomic E-state index is 0.0685. The smallest absolute Gasteiger partial charge is 0.253 e. The Kier molecular flexibility index (Phi) is 4.61. The number of nitrogen functional groups attached to an aromatic ring is 1. The fourth-order valence-corrected chi connectivity index (χ4v) is 2.54. The molecule has 2 rings (SSSR count). The number of nitrogens with zero attached hydrogens (tertiary/aromatic N) is 2. The molecule has 0 saturated carbocycles. The van der Waals surface area contributed by atoms with Gasteiger partial charge in [-0.15, -0.1) is 6.58 Å². The molecule has 4 nitrogen and oxygen atoms in total. The Labute approximate surface area is 122 Å². The van der Waals surface area contributed by atoms with Gasteiger partial charge in [0.1, 0.15) is 0 Å². The van der Waals surface area contributed by atoms with Crippen molar-refractivity contribution in [1.29, 1.82) is 0 Å². The Bertz CT molecular complexity index is 482. The Morgan fingerprint density at radius 3 is 2.63 bits per heavy atom. The van der Waals surface area contributed by atoms with Gasteiger partial charge in [-0.25, -0.2) is 0 Å². The third kappa shape index (κ3) is 3.36. The largest absolute Gasteiger partial charge is 0.398 e. The lowest BCUT2D eigenvalue weighted by Crippen LogP contribution is -2.48. The molecule has 1 aromatic rings. The highest BCUT2D eigenvalue weighted by molar-refractivity contribution is 9.10. The topological polar surface area (TPSA) is 49.6 Å². The molecule has 1 aliphatic heterocycles. The second-order valence-corrected chi connectivity index (χ2v) is 5.47. The van der Waals surface area contributed by atoms with Gasteiger partial charge in [0.05, 0.1) is 0 Å². The van der Waals surface area contributed by atoms with Crippen LogP contribution in [0, 0.1) is 0 Å². The molecule has 2 N–H and O–H groups in total. The first kappa shape index (κ1) is 14.1. The molecule has 19 heavy (non-hydrogen) atoms. The van der Waals surface area contributed by atoms with E-state index in [1.54, 1.807) is 18.2 Å². The van der Waals surface area contributed by atoms with Gasteiger partial charge in [0.25, 0.3) is 5.91 Å². The summed E-state index contributed by atoms with van der Waals surface area (Å²) in [6, 6.07) is 5.32. The van der Waals surface area contributed by atoms with Crippen molar-refractivity contribution in [3.05, 3.63) is 40.9 Å². The highest BCUT2D eigenvalue weighted by Crippen LogP contribution is 2.21. The molecule has 1 fully saturated rings. The van der Waals surface area contributed by atoms with Gasteiger partial charge in [-0.2, -0.15) is 0 Å². The predicted octanol–water partition coefficient (Wildman–Crippen LogP) is 1.98. The number of anilines is 1. The Morgan fingerprint density at radius 2 is 2.05 bits per heavy atom. The quantitative estimate of drug-likeness (QED) is 0.683. The molecule has 0 aromatic heterocycles. The standard InChI is InChI=1S/C14H18BrN3O/c1-2-5-17-6-8-18(9-7-17)14(19)11-3-4-13(16)12(15)10-11/h2-4,10H,1,5-9,16H2. The third-order valence-corrected chi connectivity index (χ3v) is 3.98. The minimum Gasteiger partial charge on any atom is -0.398 e. The van der Waals surface area contributed by atoms with E-state index in [0.29, 0.717) is 11.3 Å². The zero-order chi connectivity index (χ0) is 13.8. The van der Waals surface area contributed by atoms with Gasteiger partial charge in [-0.05, 0) is 34.1 Å². The van der Waals surface area contributed by atoms with Crippen LogP contribution in [0.3, 0.4) is 0 Å². The molecular weight excluding hydrogens is 306 g/mol. The van der Waals surface area contributed by atoms with Crippen LogP contribution in [0.5, 0.6) is 0 Å². The van der Waals surface area contributed by atoms with Crippen LogP contribution in [0.25, 0.3) is 0 Å². The first-order valence-electron chi connectivity index (χ1n) is 6.29. The van der Waals surface area contributed by atoms with Gasteiger partial charge < -0.3 is 10.6 Å². The van der Waals surface area contributed by atoms with E-state index in [4.69, 9.17) is 5.73 Å². The molecule has 1 aromatic carbocycles. The van der Waals surface area contributed by atoms with Crippen molar-refractivity contribution >= 4 is 27.5 Å². The maximum absolute atomic E-state index is 12.4. The number of hydrogen-bond donors (Lipinski definition) is 1. The number of carbonyl (C=O) groups is 1. The second-order valence-electron chi connectivity index (χ2n) is 4.62. The fourth-order valence-electron chi connectivity index (χ4n) is 2.16.